The first-order chi connectivity index (χ1) is 12.7. The second kappa shape index (κ2) is 6.55. The molecule has 0 bridgehead atoms. The number of rotatable bonds is 5. The van der Waals surface area contributed by atoms with Crippen LogP contribution in [0, 0.1) is 0 Å². The second-order valence-electron chi connectivity index (χ2n) is 6.13. The van der Waals surface area contributed by atoms with E-state index in [0.29, 0.717) is 22.7 Å². The van der Waals surface area contributed by atoms with Crippen LogP contribution < -0.4 is 10.1 Å². The molecule has 0 unspecified atom stereocenters. The van der Waals surface area contributed by atoms with Crippen molar-refractivity contribution < 1.29 is 13.9 Å². The van der Waals surface area contributed by atoms with E-state index in [0.717, 1.165) is 34.9 Å². The number of carbonyl (C=O) groups excluding carboxylic acids is 1. The van der Waals surface area contributed by atoms with Gasteiger partial charge >= 0.3 is 0 Å². The molecule has 2 aromatic carbocycles. The van der Waals surface area contributed by atoms with Crippen molar-refractivity contribution in [1.29, 1.82) is 0 Å². The lowest BCUT2D eigenvalue weighted by Gasteiger charge is -2.09. The predicted molar refractivity (Wildman–Crippen MR) is 101 cm³/mol. The maximum Gasteiger partial charge on any atom is 0.276 e. The third-order valence-electron chi connectivity index (χ3n) is 4.33. The van der Waals surface area contributed by atoms with Crippen molar-refractivity contribution in [3.8, 4) is 5.75 Å². The number of aromatic nitrogens is 2. The van der Waals surface area contributed by atoms with E-state index in [2.05, 4.69) is 22.4 Å². The highest BCUT2D eigenvalue weighted by Crippen LogP contribution is 2.36. The summed E-state index contributed by atoms with van der Waals surface area (Å²) in [5.74, 6) is 0.277. The Kier molecular flexibility index (Phi) is 4.08. The first-order valence-corrected chi connectivity index (χ1v) is 8.54. The average Bonchev–Trinajstić information content (AvgIpc) is 3.25. The van der Waals surface area contributed by atoms with Gasteiger partial charge in [-0.25, -0.2) is 0 Å². The summed E-state index contributed by atoms with van der Waals surface area (Å²) in [5, 5.41) is 11.8. The topological polar surface area (TPSA) is 80.2 Å². The number of hydrogen-bond donors (Lipinski definition) is 2. The molecule has 4 rings (SSSR count). The summed E-state index contributed by atoms with van der Waals surface area (Å²) in [6, 6.07) is 13.2. The average molecular weight is 349 g/mol. The Hall–Kier alpha value is -3.28. The molecule has 1 amide bonds. The molecule has 0 aliphatic rings. The van der Waals surface area contributed by atoms with E-state index in [9.17, 15) is 4.79 Å². The monoisotopic (exact) mass is 349 g/mol. The molecule has 26 heavy (non-hydrogen) atoms. The quantitative estimate of drug-likeness (QED) is 0.555. The Labute approximate surface area is 150 Å². The van der Waals surface area contributed by atoms with Crippen LogP contribution in [0.15, 0.2) is 46.9 Å². The summed E-state index contributed by atoms with van der Waals surface area (Å²) in [6.45, 7) is 2.08. The number of ether oxygens (including phenoxy) is 1. The lowest BCUT2D eigenvalue weighted by Crippen LogP contribution is -2.13. The summed E-state index contributed by atoms with van der Waals surface area (Å²) in [7, 11) is 1.58. The fraction of sp³-hybridized carbons (Fsp3) is 0.200. The molecule has 6 nitrogen and oxygen atoms in total. The van der Waals surface area contributed by atoms with Gasteiger partial charge in [-0.3, -0.25) is 9.89 Å². The van der Waals surface area contributed by atoms with Crippen LogP contribution in [0.4, 0.5) is 5.69 Å². The molecule has 2 aromatic heterocycles. The summed E-state index contributed by atoms with van der Waals surface area (Å²) in [6.07, 6.45) is 1.84. The van der Waals surface area contributed by atoms with Crippen LogP contribution in [0.25, 0.3) is 21.9 Å². The van der Waals surface area contributed by atoms with Crippen molar-refractivity contribution in [1.82, 2.24) is 10.2 Å². The normalized spacial score (nSPS) is 11.2. The Morgan fingerprint density at radius 1 is 1.19 bits per heavy atom. The van der Waals surface area contributed by atoms with Crippen LogP contribution >= 0.6 is 0 Å². The maximum atomic E-state index is 12.5. The molecule has 0 saturated heterocycles. The number of nitrogens with zero attached hydrogens (tertiary/aromatic N) is 1. The zero-order valence-corrected chi connectivity index (χ0v) is 14.6. The van der Waals surface area contributed by atoms with Gasteiger partial charge in [0.25, 0.3) is 5.91 Å². The first-order valence-electron chi connectivity index (χ1n) is 8.54. The molecule has 0 aliphatic heterocycles. The van der Waals surface area contributed by atoms with Gasteiger partial charge in [-0.15, -0.1) is 0 Å². The number of nitrogens with one attached hydrogen (secondary N) is 2. The minimum Gasteiger partial charge on any atom is -0.495 e. The minimum absolute atomic E-state index is 0.294. The molecule has 0 spiro atoms. The number of aryl methyl sites for hydroxylation is 1. The van der Waals surface area contributed by atoms with Crippen molar-refractivity contribution in [3.05, 3.63) is 53.9 Å². The molecular weight excluding hydrogens is 330 g/mol. The molecular formula is C20H19N3O3. The Balaban J connectivity index is 1.70. The van der Waals surface area contributed by atoms with E-state index in [1.807, 2.05) is 30.3 Å². The highest BCUT2D eigenvalue weighted by molar-refractivity contribution is 6.09. The van der Waals surface area contributed by atoms with E-state index in [1.165, 1.54) is 0 Å². The highest BCUT2D eigenvalue weighted by Gasteiger charge is 2.16. The number of anilines is 1. The van der Waals surface area contributed by atoms with Gasteiger partial charge in [0.1, 0.15) is 16.9 Å². The zero-order valence-electron chi connectivity index (χ0n) is 14.6. The number of aromatic amines is 1. The fourth-order valence-corrected chi connectivity index (χ4v) is 3.08. The Morgan fingerprint density at radius 2 is 2.04 bits per heavy atom. The molecule has 6 heteroatoms. The van der Waals surface area contributed by atoms with E-state index < -0.39 is 0 Å². The number of benzene rings is 2. The smallest absolute Gasteiger partial charge is 0.276 e. The van der Waals surface area contributed by atoms with Gasteiger partial charge in [-0.2, -0.15) is 5.10 Å². The molecule has 0 atom stereocenters. The number of furan rings is 1. The van der Waals surface area contributed by atoms with E-state index >= 15 is 0 Å². The summed E-state index contributed by atoms with van der Waals surface area (Å²) in [4.78, 5) is 12.5. The minimum atomic E-state index is -0.294. The number of fused-ring (bicyclic) bond motifs is 3. The molecule has 4 aromatic rings. The SMILES string of the molecule is CCCc1cc(C(=O)Nc2cc3oc4ccccc4c3cc2OC)n[nH]1. The fourth-order valence-electron chi connectivity index (χ4n) is 3.08. The lowest BCUT2D eigenvalue weighted by atomic mass is 10.1. The summed E-state index contributed by atoms with van der Waals surface area (Å²) in [5.41, 5.74) is 3.32. The number of carbonyl (C=O) groups is 1. The third kappa shape index (κ3) is 2.79. The van der Waals surface area contributed by atoms with Gasteiger partial charge in [0.15, 0.2) is 5.69 Å². The largest absolute Gasteiger partial charge is 0.495 e. The van der Waals surface area contributed by atoms with Crippen molar-refractivity contribution in [3.63, 3.8) is 0 Å². The van der Waals surface area contributed by atoms with Gasteiger partial charge in [-0.1, -0.05) is 31.5 Å². The van der Waals surface area contributed by atoms with Crippen LogP contribution in [0.3, 0.4) is 0 Å². The van der Waals surface area contributed by atoms with Gasteiger partial charge in [-0.05, 0) is 24.6 Å². The van der Waals surface area contributed by atoms with Crippen LogP contribution in [-0.2, 0) is 6.42 Å². The molecule has 0 radical (unpaired) electrons. The third-order valence-corrected chi connectivity index (χ3v) is 4.33. The van der Waals surface area contributed by atoms with Crippen molar-refractivity contribution in [2.75, 3.05) is 12.4 Å². The standard InChI is InChI=1S/C20H19N3O3/c1-3-6-12-9-16(23-22-12)20(24)21-15-11-18-14(10-19(15)25-2)13-7-4-5-8-17(13)26-18/h4-5,7-11H,3,6H2,1-2H3,(H,21,24)(H,22,23). The number of amides is 1. The van der Waals surface area contributed by atoms with Crippen LogP contribution in [0.2, 0.25) is 0 Å². The number of hydrogen-bond acceptors (Lipinski definition) is 4. The zero-order chi connectivity index (χ0) is 18.1. The predicted octanol–water partition coefficient (Wildman–Crippen LogP) is 4.52. The van der Waals surface area contributed by atoms with Crippen molar-refractivity contribution in [2.45, 2.75) is 19.8 Å². The first kappa shape index (κ1) is 16.2. The van der Waals surface area contributed by atoms with Gasteiger partial charge < -0.3 is 14.5 Å². The van der Waals surface area contributed by atoms with Crippen LogP contribution in [0.1, 0.15) is 29.5 Å². The Morgan fingerprint density at radius 3 is 2.85 bits per heavy atom. The molecule has 0 fully saturated rings. The van der Waals surface area contributed by atoms with E-state index in [1.54, 1.807) is 19.2 Å². The lowest BCUT2D eigenvalue weighted by molar-refractivity contribution is 0.102. The van der Waals surface area contributed by atoms with Crippen molar-refractivity contribution in [2.24, 2.45) is 0 Å². The molecule has 2 heterocycles. The van der Waals surface area contributed by atoms with Crippen molar-refractivity contribution >= 4 is 33.5 Å². The molecule has 2 N–H and O–H groups in total. The van der Waals surface area contributed by atoms with Gasteiger partial charge in [0.05, 0.1) is 12.8 Å². The molecule has 0 aliphatic carbocycles. The highest BCUT2D eigenvalue weighted by atomic mass is 16.5. The van der Waals surface area contributed by atoms with E-state index in [4.69, 9.17) is 9.15 Å². The number of H-pyrrole nitrogens is 1. The number of para-hydroxylation sites is 1. The molecule has 132 valence electrons. The summed E-state index contributed by atoms with van der Waals surface area (Å²) >= 11 is 0. The van der Waals surface area contributed by atoms with Gasteiger partial charge in [0.2, 0.25) is 0 Å². The van der Waals surface area contributed by atoms with Crippen LogP contribution in [-0.4, -0.2) is 23.2 Å². The van der Waals surface area contributed by atoms with Crippen LogP contribution in [0.5, 0.6) is 5.75 Å². The summed E-state index contributed by atoms with van der Waals surface area (Å²) < 4.78 is 11.4. The van der Waals surface area contributed by atoms with E-state index in [-0.39, 0.29) is 5.91 Å². The second-order valence-corrected chi connectivity index (χ2v) is 6.13. The Bertz CT molecular complexity index is 1090. The number of methoxy groups -OCH3 is 1. The molecule has 0 saturated carbocycles. The maximum absolute atomic E-state index is 12.5. The van der Waals surface area contributed by atoms with Gasteiger partial charge in [0, 0.05) is 22.5 Å².